The van der Waals surface area contributed by atoms with E-state index < -0.39 is 0 Å². The molecule has 1 saturated heterocycles. The van der Waals surface area contributed by atoms with Crippen LogP contribution in [0.2, 0.25) is 0 Å². The lowest BCUT2D eigenvalue weighted by Crippen LogP contribution is -2.43. The molecule has 1 amide bonds. The van der Waals surface area contributed by atoms with Crippen LogP contribution in [-0.4, -0.2) is 50.8 Å². The Kier molecular flexibility index (Phi) is 6.63. The van der Waals surface area contributed by atoms with Crippen LogP contribution in [0.1, 0.15) is 17.2 Å². The maximum Gasteiger partial charge on any atom is 0.224 e. The molecule has 0 radical (unpaired) electrons. The fourth-order valence-electron chi connectivity index (χ4n) is 3.14. The average molecular weight is 354 g/mol. The Morgan fingerprint density at radius 2 is 1.81 bits per heavy atom. The van der Waals surface area contributed by atoms with E-state index in [9.17, 15) is 4.79 Å². The molecule has 1 aliphatic rings. The van der Waals surface area contributed by atoms with Gasteiger partial charge in [0.15, 0.2) is 0 Å². The van der Waals surface area contributed by atoms with Gasteiger partial charge in [-0.1, -0.05) is 42.5 Å². The third-order valence-corrected chi connectivity index (χ3v) is 4.61. The number of rotatable bonds is 7. The first-order valence-electron chi connectivity index (χ1n) is 9.02. The first-order chi connectivity index (χ1) is 12.7. The van der Waals surface area contributed by atoms with Crippen LogP contribution in [0, 0.1) is 0 Å². The van der Waals surface area contributed by atoms with Gasteiger partial charge in [-0.25, -0.2) is 0 Å². The number of ether oxygens (including phenoxy) is 2. The van der Waals surface area contributed by atoms with Gasteiger partial charge in [0.2, 0.25) is 5.91 Å². The van der Waals surface area contributed by atoms with Gasteiger partial charge in [-0.05, 0) is 23.3 Å². The quantitative estimate of drug-likeness (QED) is 0.830. The van der Waals surface area contributed by atoms with Crippen LogP contribution in [0.4, 0.5) is 0 Å². The Bertz CT molecular complexity index is 682. The summed E-state index contributed by atoms with van der Waals surface area (Å²) in [6.45, 7) is 4.10. The minimum Gasteiger partial charge on any atom is -0.497 e. The number of hydrogen-bond acceptors (Lipinski definition) is 4. The van der Waals surface area contributed by atoms with Crippen LogP contribution in [0.3, 0.4) is 0 Å². The van der Waals surface area contributed by atoms with Crippen LogP contribution in [0.15, 0.2) is 54.6 Å². The molecule has 5 heteroatoms. The van der Waals surface area contributed by atoms with Crippen molar-refractivity contribution in [3.63, 3.8) is 0 Å². The van der Waals surface area contributed by atoms with Crippen molar-refractivity contribution in [2.75, 3.05) is 40.0 Å². The second kappa shape index (κ2) is 9.36. The van der Waals surface area contributed by atoms with Crippen LogP contribution >= 0.6 is 0 Å². The van der Waals surface area contributed by atoms with Crippen molar-refractivity contribution in [3.05, 3.63) is 65.7 Å². The number of amides is 1. The first kappa shape index (κ1) is 18.4. The summed E-state index contributed by atoms with van der Waals surface area (Å²) in [6, 6.07) is 17.7. The molecule has 0 spiro atoms. The third kappa shape index (κ3) is 5.31. The molecule has 1 heterocycles. The molecule has 0 saturated carbocycles. The molecule has 26 heavy (non-hydrogen) atoms. The van der Waals surface area contributed by atoms with Gasteiger partial charge in [0.05, 0.1) is 32.8 Å². The largest absolute Gasteiger partial charge is 0.497 e. The average Bonchev–Trinajstić information content (AvgIpc) is 2.69. The van der Waals surface area contributed by atoms with Gasteiger partial charge in [0.25, 0.3) is 0 Å². The Hall–Kier alpha value is -2.37. The summed E-state index contributed by atoms with van der Waals surface area (Å²) < 4.78 is 10.6. The van der Waals surface area contributed by atoms with E-state index in [1.54, 1.807) is 7.11 Å². The standard InChI is InChI=1S/C21H26N2O3/c1-25-19-9-7-17(8-10-19)15-21(24)22-20(18-5-3-2-4-6-18)16-23-11-13-26-14-12-23/h2-10,20H,11-16H2,1H3,(H,22,24)/t20-/m0/s1. The second-order valence-electron chi connectivity index (χ2n) is 6.47. The molecule has 3 rings (SSSR count). The zero-order valence-corrected chi connectivity index (χ0v) is 15.2. The summed E-state index contributed by atoms with van der Waals surface area (Å²) in [4.78, 5) is 14.9. The molecule has 0 aliphatic carbocycles. The molecule has 1 N–H and O–H groups in total. The fraction of sp³-hybridized carbons (Fsp3) is 0.381. The normalized spacial score (nSPS) is 16.0. The van der Waals surface area contributed by atoms with Crippen LogP contribution < -0.4 is 10.1 Å². The van der Waals surface area contributed by atoms with Crippen LogP contribution in [-0.2, 0) is 16.0 Å². The Morgan fingerprint density at radius 1 is 1.12 bits per heavy atom. The summed E-state index contributed by atoms with van der Waals surface area (Å²) in [5.74, 6) is 0.820. The molecule has 1 fully saturated rings. The van der Waals surface area contributed by atoms with Gasteiger partial charge >= 0.3 is 0 Å². The number of carbonyl (C=O) groups is 1. The molecular formula is C21H26N2O3. The maximum absolute atomic E-state index is 12.6. The molecule has 0 aromatic heterocycles. The van der Waals surface area contributed by atoms with Crippen molar-refractivity contribution in [1.29, 1.82) is 0 Å². The second-order valence-corrected chi connectivity index (χ2v) is 6.47. The topological polar surface area (TPSA) is 50.8 Å². The number of carbonyl (C=O) groups excluding carboxylic acids is 1. The van der Waals surface area contributed by atoms with Crippen molar-refractivity contribution in [3.8, 4) is 5.75 Å². The van der Waals surface area contributed by atoms with E-state index in [1.165, 1.54) is 0 Å². The van der Waals surface area contributed by atoms with Crippen molar-refractivity contribution in [2.45, 2.75) is 12.5 Å². The van der Waals surface area contributed by atoms with E-state index in [0.717, 1.165) is 49.7 Å². The van der Waals surface area contributed by atoms with Gasteiger partial charge in [-0.15, -0.1) is 0 Å². The molecule has 2 aromatic rings. The summed E-state index contributed by atoms with van der Waals surface area (Å²) in [5, 5.41) is 3.21. The highest BCUT2D eigenvalue weighted by molar-refractivity contribution is 5.79. The lowest BCUT2D eigenvalue weighted by molar-refractivity contribution is -0.121. The summed E-state index contributed by atoms with van der Waals surface area (Å²) >= 11 is 0. The Labute approximate surface area is 154 Å². The van der Waals surface area contributed by atoms with Crippen LogP contribution in [0.5, 0.6) is 5.75 Å². The van der Waals surface area contributed by atoms with Crippen molar-refractivity contribution in [2.24, 2.45) is 0 Å². The van der Waals surface area contributed by atoms with Gasteiger partial charge < -0.3 is 14.8 Å². The molecule has 0 unspecified atom stereocenters. The summed E-state index contributed by atoms with van der Waals surface area (Å²) in [5.41, 5.74) is 2.10. The molecule has 5 nitrogen and oxygen atoms in total. The minimum atomic E-state index is -0.0277. The van der Waals surface area contributed by atoms with Gasteiger partial charge in [-0.2, -0.15) is 0 Å². The fourth-order valence-corrected chi connectivity index (χ4v) is 3.14. The van der Waals surface area contributed by atoms with E-state index in [1.807, 2.05) is 42.5 Å². The van der Waals surface area contributed by atoms with Gasteiger partial charge in [0.1, 0.15) is 5.75 Å². The number of hydrogen-bond donors (Lipinski definition) is 1. The summed E-state index contributed by atoms with van der Waals surface area (Å²) in [7, 11) is 1.64. The lowest BCUT2D eigenvalue weighted by Gasteiger charge is -2.31. The van der Waals surface area contributed by atoms with E-state index in [0.29, 0.717) is 6.42 Å². The zero-order chi connectivity index (χ0) is 18.2. The molecule has 2 aromatic carbocycles. The molecule has 138 valence electrons. The highest BCUT2D eigenvalue weighted by Crippen LogP contribution is 2.16. The Balaban J connectivity index is 1.64. The van der Waals surface area contributed by atoms with E-state index in [4.69, 9.17) is 9.47 Å². The SMILES string of the molecule is COc1ccc(CC(=O)N[C@@H](CN2CCOCC2)c2ccccc2)cc1. The smallest absolute Gasteiger partial charge is 0.224 e. The molecule has 0 bridgehead atoms. The molecule has 1 atom stereocenters. The van der Waals surface area contributed by atoms with Gasteiger partial charge in [-0.3, -0.25) is 9.69 Å². The van der Waals surface area contributed by atoms with E-state index in [2.05, 4.69) is 22.3 Å². The monoisotopic (exact) mass is 354 g/mol. The summed E-state index contributed by atoms with van der Waals surface area (Å²) in [6.07, 6.45) is 0.358. The molecule has 1 aliphatic heterocycles. The maximum atomic E-state index is 12.6. The van der Waals surface area contributed by atoms with Gasteiger partial charge in [0, 0.05) is 19.6 Å². The lowest BCUT2D eigenvalue weighted by atomic mass is 10.0. The predicted octanol–water partition coefficient (Wildman–Crippen LogP) is 2.43. The van der Waals surface area contributed by atoms with Crippen molar-refractivity contribution >= 4 is 5.91 Å². The predicted molar refractivity (Wildman–Crippen MR) is 101 cm³/mol. The van der Waals surface area contributed by atoms with E-state index >= 15 is 0 Å². The first-order valence-corrected chi connectivity index (χ1v) is 9.02. The van der Waals surface area contributed by atoms with Crippen LogP contribution in [0.25, 0.3) is 0 Å². The van der Waals surface area contributed by atoms with Crippen molar-refractivity contribution < 1.29 is 14.3 Å². The molecular weight excluding hydrogens is 328 g/mol. The van der Waals surface area contributed by atoms with Crippen molar-refractivity contribution in [1.82, 2.24) is 10.2 Å². The number of nitrogens with zero attached hydrogens (tertiary/aromatic N) is 1. The highest BCUT2D eigenvalue weighted by atomic mass is 16.5. The number of morpholine rings is 1. The Morgan fingerprint density at radius 3 is 2.46 bits per heavy atom. The van der Waals surface area contributed by atoms with E-state index in [-0.39, 0.29) is 11.9 Å². The minimum absolute atomic E-state index is 0.0253. The highest BCUT2D eigenvalue weighted by Gasteiger charge is 2.20. The number of nitrogens with one attached hydrogen (secondary N) is 1. The number of methoxy groups -OCH3 is 1. The number of benzene rings is 2. The zero-order valence-electron chi connectivity index (χ0n) is 15.2. The third-order valence-electron chi connectivity index (χ3n) is 4.61.